The number of hydrogen-bond acceptors (Lipinski definition) is 3. The summed E-state index contributed by atoms with van der Waals surface area (Å²) in [7, 11) is 0. The highest BCUT2D eigenvalue weighted by molar-refractivity contribution is 9.10. The van der Waals surface area contributed by atoms with Gasteiger partial charge in [-0.05, 0) is 30.3 Å². The molecular formula is C16H12BrClFNO4. The first-order valence-corrected chi connectivity index (χ1v) is 7.90. The Kier molecular flexibility index (Phi) is 6.16. The maximum absolute atomic E-state index is 13.8. The van der Waals surface area contributed by atoms with Crippen LogP contribution in [0.25, 0.3) is 0 Å². The fraction of sp³-hybridized carbons (Fsp3) is 0.125. The molecule has 8 heteroatoms. The Hall–Kier alpha value is -2.12. The molecule has 0 spiro atoms. The molecule has 0 aliphatic heterocycles. The summed E-state index contributed by atoms with van der Waals surface area (Å²) >= 11 is 8.99. The molecule has 0 atom stereocenters. The van der Waals surface area contributed by atoms with Gasteiger partial charge in [0.15, 0.2) is 6.61 Å². The second-order valence-corrected chi connectivity index (χ2v) is 6.09. The number of nitrogens with one attached hydrogen (secondary N) is 1. The van der Waals surface area contributed by atoms with E-state index in [2.05, 4.69) is 21.2 Å². The maximum atomic E-state index is 13.8. The van der Waals surface area contributed by atoms with Crippen molar-refractivity contribution in [2.45, 2.75) is 6.54 Å². The maximum Gasteiger partial charge on any atom is 0.341 e. The first kappa shape index (κ1) is 18.2. The van der Waals surface area contributed by atoms with Gasteiger partial charge in [-0.15, -0.1) is 0 Å². The largest absolute Gasteiger partial charge is 0.481 e. The van der Waals surface area contributed by atoms with Crippen molar-refractivity contribution in [3.63, 3.8) is 0 Å². The summed E-state index contributed by atoms with van der Waals surface area (Å²) in [6.45, 7) is -0.638. The van der Waals surface area contributed by atoms with E-state index in [1.165, 1.54) is 24.3 Å². The van der Waals surface area contributed by atoms with Crippen LogP contribution in [0.1, 0.15) is 15.9 Å². The molecule has 2 N–H and O–H groups in total. The van der Waals surface area contributed by atoms with Gasteiger partial charge >= 0.3 is 5.97 Å². The van der Waals surface area contributed by atoms with E-state index in [1.807, 2.05) is 0 Å². The molecule has 0 aliphatic rings. The van der Waals surface area contributed by atoms with Crippen molar-refractivity contribution >= 4 is 39.4 Å². The lowest BCUT2D eigenvalue weighted by molar-refractivity contribution is -0.139. The van der Waals surface area contributed by atoms with Gasteiger partial charge in [0.25, 0.3) is 5.91 Å². The van der Waals surface area contributed by atoms with Crippen molar-refractivity contribution in [2.24, 2.45) is 0 Å². The van der Waals surface area contributed by atoms with Crippen LogP contribution in [0.5, 0.6) is 5.75 Å². The van der Waals surface area contributed by atoms with E-state index in [0.717, 1.165) is 0 Å². The molecular weight excluding hydrogens is 405 g/mol. The molecule has 0 saturated heterocycles. The third-order valence-electron chi connectivity index (χ3n) is 2.99. The standard InChI is InChI=1S/C16H12BrClFNO4/c17-10-2-1-9(13(19)5-10)7-20-16(23)12-4-3-11(18)6-14(12)24-8-15(21)22/h1-6H,7-8H2,(H,20,23)(H,21,22). The second-order valence-electron chi connectivity index (χ2n) is 4.74. The first-order valence-electron chi connectivity index (χ1n) is 6.73. The molecule has 0 fully saturated rings. The van der Waals surface area contributed by atoms with Crippen LogP contribution in [-0.2, 0) is 11.3 Å². The fourth-order valence-corrected chi connectivity index (χ4v) is 2.37. The second kappa shape index (κ2) is 8.12. The number of halogens is 3. The van der Waals surface area contributed by atoms with E-state index in [-0.39, 0.29) is 17.9 Å². The third kappa shape index (κ3) is 4.94. The molecule has 2 aromatic carbocycles. The van der Waals surface area contributed by atoms with Gasteiger partial charge in [0.2, 0.25) is 0 Å². The van der Waals surface area contributed by atoms with Gasteiger partial charge in [0.1, 0.15) is 11.6 Å². The minimum Gasteiger partial charge on any atom is -0.481 e. The van der Waals surface area contributed by atoms with E-state index >= 15 is 0 Å². The Morgan fingerprint density at radius 1 is 1.25 bits per heavy atom. The van der Waals surface area contributed by atoms with Crippen LogP contribution < -0.4 is 10.1 Å². The predicted molar refractivity (Wildman–Crippen MR) is 89.9 cm³/mol. The Balaban J connectivity index is 2.12. The van der Waals surface area contributed by atoms with Crippen LogP contribution in [0, 0.1) is 5.82 Å². The number of carboxylic acids is 1. The summed E-state index contributed by atoms with van der Waals surface area (Å²) in [5.41, 5.74) is 0.423. The predicted octanol–water partition coefficient (Wildman–Crippen LogP) is 3.64. The van der Waals surface area contributed by atoms with Gasteiger partial charge in [0, 0.05) is 21.6 Å². The Labute approximate surface area is 150 Å². The summed E-state index contributed by atoms with van der Waals surface area (Å²) in [6, 6.07) is 8.74. The van der Waals surface area contributed by atoms with E-state index in [9.17, 15) is 14.0 Å². The number of aliphatic carboxylic acids is 1. The molecule has 0 heterocycles. The average Bonchev–Trinajstić information content (AvgIpc) is 2.52. The summed E-state index contributed by atoms with van der Waals surface area (Å²) in [6.07, 6.45) is 0. The smallest absolute Gasteiger partial charge is 0.341 e. The van der Waals surface area contributed by atoms with Crippen molar-refractivity contribution in [3.05, 3.63) is 62.8 Å². The summed E-state index contributed by atoms with van der Waals surface area (Å²) < 4.78 is 19.4. The monoisotopic (exact) mass is 415 g/mol. The molecule has 126 valence electrons. The molecule has 0 aromatic heterocycles. The number of carbonyl (C=O) groups excluding carboxylic acids is 1. The minimum atomic E-state index is -1.18. The van der Waals surface area contributed by atoms with Crippen LogP contribution >= 0.6 is 27.5 Å². The van der Waals surface area contributed by atoms with Crippen molar-refractivity contribution < 1.29 is 23.8 Å². The number of carbonyl (C=O) groups is 2. The summed E-state index contributed by atoms with van der Waals surface area (Å²) in [5.74, 6) is -2.13. The van der Waals surface area contributed by atoms with E-state index < -0.39 is 24.3 Å². The topological polar surface area (TPSA) is 75.6 Å². The van der Waals surface area contributed by atoms with E-state index in [0.29, 0.717) is 15.1 Å². The number of rotatable bonds is 6. The van der Waals surface area contributed by atoms with Gasteiger partial charge in [-0.25, -0.2) is 9.18 Å². The van der Waals surface area contributed by atoms with Crippen molar-refractivity contribution in [3.8, 4) is 5.75 Å². The fourth-order valence-electron chi connectivity index (χ4n) is 1.88. The summed E-state index contributed by atoms with van der Waals surface area (Å²) in [5, 5.41) is 11.5. The first-order chi connectivity index (χ1) is 11.4. The molecule has 1 amide bonds. The van der Waals surface area contributed by atoms with Crippen molar-refractivity contribution in [2.75, 3.05) is 6.61 Å². The van der Waals surface area contributed by atoms with Crippen LogP contribution in [-0.4, -0.2) is 23.6 Å². The third-order valence-corrected chi connectivity index (χ3v) is 3.72. The van der Waals surface area contributed by atoms with Crippen LogP contribution in [0.15, 0.2) is 40.9 Å². The quantitative estimate of drug-likeness (QED) is 0.754. The molecule has 0 bridgehead atoms. The van der Waals surface area contributed by atoms with Gasteiger partial charge < -0.3 is 15.2 Å². The number of carboxylic acid groups (broad SMARTS) is 1. The molecule has 24 heavy (non-hydrogen) atoms. The van der Waals surface area contributed by atoms with Crippen LogP contribution in [0.4, 0.5) is 4.39 Å². The zero-order valence-electron chi connectivity index (χ0n) is 12.2. The van der Waals surface area contributed by atoms with Crippen LogP contribution in [0.2, 0.25) is 5.02 Å². The number of ether oxygens (including phenoxy) is 1. The number of amides is 1. The Morgan fingerprint density at radius 2 is 2.00 bits per heavy atom. The normalized spacial score (nSPS) is 10.3. The highest BCUT2D eigenvalue weighted by atomic mass is 79.9. The number of hydrogen-bond donors (Lipinski definition) is 2. The molecule has 0 saturated carbocycles. The lowest BCUT2D eigenvalue weighted by atomic mass is 10.1. The molecule has 2 aromatic rings. The highest BCUT2D eigenvalue weighted by Crippen LogP contribution is 2.24. The Morgan fingerprint density at radius 3 is 2.67 bits per heavy atom. The lowest BCUT2D eigenvalue weighted by Gasteiger charge is -2.11. The van der Waals surface area contributed by atoms with Gasteiger partial charge in [-0.3, -0.25) is 4.79 Å². The van der Waals surface area contributed by atoms with Gasteiger partial charge in [-0.1, -0.05) is 33.6 Å². The molecule has 0 aliphatic carbocycles. The summed E-state index contributed by atoms with van der Waals surface area (Å²) in [4.78, 5) is 22.9. The SMILES string of the molecule is O=C(O)COc1cc(Cl)ccc1C(=O)NCc1ccc(Br)cc1F. The molecule has 5 nitrogen and oxygen atoms in total. The molecule has 0 radical (unpaired) electrons. The molecule has 0 unspecified atom stereocenters. The average molecular weight is 417 g/mol. The van der Waals surface area contributed by atoms with Gasteiger partial charge in [0.05, 0.1) is 5.56 Å². The van der Waals surface area contributed by atoms with Crippen molar-refractivity contribution in [1.29, 1.82) is 0 Å². The van der Waals surface area contributed by atoms with Gasteiger partial charge in [-0.2, -0.15) is 0 Å². The van der Waals surface area contributed by atoms with Crippen LogP contribution in [0.3, 0.4) is 0 Å². The lowest BCUT2D eigenvalue weighted by Crippen LogP contribution is -2.24. The van der Waals surface area contributed by atoms with Crippen molar-refractivity contribution in [1.82, 2.24) is 5.32 Å². The van der Waals surface area contributed by atoms with E-state index in [1.54, 1.807) is 12.1 Å². The van der Waals surface area contributed by atoms with E-state index in [4.69, 9.17) is 21.4 Å². The zero-order chi connectivity index (χ0) is 17.7. The number of benzene rings is 2. The molecule has 2 rings (SSSR count). The minimum absolute atomic E-state index is 0.0288. The highest BCUT2D eigenvalue weighted by Gasteiger charge is 2.15. The zero-order valence-corrected chi connectivity index (χ0v) is 14.5. The Bertz CT molecular complexity index is 785.